The summed E-state index contributed by atoms with van der Waals surface area (Å²) in [6.07, 6.45) is 5.32. The number of sulfone groups is 1. The third-order valence-corrected chi connectivity index (χ3v) is 6.05. The minimum atomic E-state index is -2.88. The number of hydrogen-bond acceptors (Lipinski definition) is 4. The Hall–Kier alpha value is -2.15. The van der Waals surface area contributed by atoms with Crippen molar-refractivity contribution in [2.75, 3.05) is 18.1 Å². The normalized spacial score (nSPS) is 19.2. The van der Waals surface area contributed by atoms with Gasteiger partial charge < -0.3 is 5.32 Å². The molecule has 1 aliphatic rings. The Bertz CT molecular complexity index is 799. The molecule has 1 amide bonds. The Kier molecular flexibility index (Phi) is 4.99. The summed E-state index contributed by atoms with van der Waals surface area (Å²) in [7, 11) is -2.88. The van der Waals surface area contributed by atoms with Crippen molar-refractivity contribution < 1.29 is 13.2 Å². The summed E-state index contributed by atoms with van der Waals surface area (Å²) in [5, 5.41) is 7.15. The third kappa shape index (κ3) is 4.44. The van der Waals surface area contributed by atoms with Crippen LogP contribution in [0.4, 0.5) is 0 Å². The van der Waals surface area contributed by atoms with Gasteiger partial charge in [0.15, 0.2) is 9.84 Å². The predicted octanol–water partition coefficient (Wildman–Crippen LogP) is 1.36. The number of benzene rings is 1. The number of carbonyl (C=O) groups excluding carboxylic acids is 1. The molecule has 0 radical (unpaired) electrons. The number of nitrogens with zero attached hydrogens (tertiary/aromatic N) is 2. The van der Waals surface area contributed by atoms with E-state index in [4.69, 9.17) is 0 Å². The quantitative estimate of drug-likeness (QED) is 0.855. The van der Waals surface area contributed by atoms with Gasteiger partial charge in [-0.05, 0) is 36.5 Å². The lowest BCUT2D eigenvalue weighted by Gasteiger charge is -2.09. The first kappa shape index (κ1) is 16.7. The van der Waals surface area contributed by atoms with Crippen molar-refractivity contribution in [3.8, 4) is 5.69 Å². The molecule has 2 aromatic rings. The summed E-state index contributed by atoms with van der Waals surface area (Å²) in [5.74, 6) is 0.440. The average molecular weight is 347 g/mol. The Labute approximate surface area is 141 Å². The summed E-state index contributed by atoms with van der Waals surface area (Å²) >= 11 is 0. The van der Waals surface area contributed by atoms with Crippen molar-refractivity contribution in [1.82, 2.24) is 15.1 Å². The zero-order chi connectivity index (χ0) is 17.0. The van der Waals surface area contributed by atoms with Gasteiger partial charge in [0.1, 0.15) is 0 Å². The number of aromatic nitrogens is 2. The van der Waals surface area contributed by atoms with Crippen LogP contribution in [0, 0.1) is 5.92 Å². The number of carbonyl (C=O) groups is 1. The molecule has 6 nitrogen and oxygen atoms in total. The number of nitrogens with one attached hydrogen (secondary N) is 1. The second kappa shape index (κ2) is 7.17. The molecule has 1 aromatic heterocycles. The number of aryl methyl sites for hydroxylation is 1. The standard InChI is InChI=1S/C17H21N3O3S/c21-17(18-10-15-8-9-24(22,23)13-15)7-6-14-11-19-20(12-14)16-4-2-1-3-5-16/h1-5,11-12,15H,6-10,13H2,(H,18,21)/t15-/m0/s1. The molecule has 1 fully saturated rings. The van der Waals surface area contributed by atoms with Crippen LogP contribution >= 0.6 is 0 Å². The van der Waals surface area contributed by atoms with Gasteiger partial charge in [0.05, 0.1) is 23.4 Å². The smallest absolute Gasteiger partial charge is 0.220 e. The van der Waals surface area contributed by atoms with Crippen molar-refractivity contribution >= 4 is 15.7 Å². The maximum atomic E-state index is 11.9. The van der Waals surface area contributed by atoms with Crippen LogP contribution in [-0.4, -0.2) is 42.2 Å². The van der Waals surface area contributed by atoms with Crippen molar-refractivity contribution in [2.45, 2.75) is 19.3 Å². The van der Waals surface area contributed by atoms with Crippen LogP contribution in [0.3, 0.4) is 0 Å². The van der Waals surface area contributed by atoms with E-state index in [1.165, 1.54) is 0 Å². The molecule has 1 N–H and O–H groups in total. The molecule has 0 bridgehead atoms. The Morgan fingerprint density at radius 2 is 2.08 bits per heavy atom. The lowest BCUT2D eigenvalue weighted by atomic mass is 10.1. The first-order valence-corrected chi connectivity index (χ1v) is 9.90. The molecule has 1 aromatic carbocycles. The summed E-state index contributed by atoms with van der Waals surface area (Å²) < 4.78 is 24.6. The highest BCUT2D eigenvalue weighted by molar-refractivity contribution is 7.91. The second-order valence-electron chi connectivity index (χ2n) is 6.20. The Morgan fingerprint density at radius 1 is 1.29 bits per heavy atom. The predicted molar refractivity (Wildman–Crippen MR) is 91.7 cm³/mol. The molecule has 0 saturated carbocycles. The van der Waals surface area contributed by atoms with Crippen LogP contribution in [-0.2, 0) is 21.1 Å². The Morgan fingerprint density at radius 3 is 2.79 bits per heavy atom. The molecular formula is C17H21N3O3S. The van der Waals surface area contributed by atoms with Gasteiger partial charge in [0, 0.05) is 19.2 Å². The molecule has 0 spiro atoms. The van der Waals surface area contributed by atoms with Gasteiger partial charge in [0.25, 0.3) is 0 Å². The molecule has 2 heterocycles. The number of rotatable bonds is 6. The molecule has 0 aliphatic carbocycles. The van der Waals surface area contributed by atoms with Crippen LogP contribution in [0.15, 0.2) is 42.7 Å². The van der Waals surface area contributed by atoms with Gasteiger partial charge >= 0.3 is 0 Å². The zero-order valence-corrected chi connectivity index (χ0v) is 14.2. The summed E-state index contributed by atoms with van der Waals surface area (Å²) in [6.45, 7) is 0.446. The number of amides is 1. The molecule has 1 aliphatic heterocycles. The van der Waals surface area contributed by atoms with Gasteiger partial charge in [-0.3, -0.25) is 4.79 Å². The van der Waals surface area contributed by atoms with E-state index in [-0.39, 0.29) is 23.3 Å². The van der Waals surface area contributed by atoms with Gasteiger partial charge in [0.2, 0.25) is 5.91 Å². The molecular weight excluding hydrogens is 326 g/mol. The van der Waals surface area contributed by atoms with Crippen molar-refractivity contribution in [3.05, 3.63) is 48.3 Å². The first-order valence-electron chi connectivity index (χ1n) is 8.08. The Balaban J connectivity index is 1.44. The maximum absolute atomic E-state index is 11.9. The number of para-hydroxylation sites is 1. The van der Waals surface area contributed by atoms with Crippen LogP contribution in [0.5, 0.6) is 0 Å². The van der Waals surface area contributed by atoms with Crippen molar-refractivity contribution in [2.24, 2.45) is 5.92 Å². The minimum absolute atomic E-state index is 0.0493. The lowest BCUT2D eigenvalue weighted by molar-refractivity contribution is -0.121. The third-order valence-electron chi connectivity index (χ3n) is 4.21. The summed E-state index contributed by atoms with van der Waals surface area (Å²) in [5.41, 5.74) is 1.98. The fraction of sp³-hybridized carbons (Fsp3) is 0.412. The van der Waals surface area contributed by atoms with E-state index >= 15 is 0 Å². The fourth-order valence-corrected chi connectivity index (χ4v) is 4.71. The summed E-state index contributed by atoms with van der Waals surface area (Å²) in [4.78, 5) is 11.9. The molecule has 0 unspecified atom stereocenters. The fourth-order valence-electron chi connectivity index (χ4n) is 2.85. The molecule has 1 atom stereocenters. The molecule has 128 valence electrons. The average Bonchev–Trinajstić information content (AvgIpc) is 3.18. The first-order chi connectivity index (χ1) is 11.5. The maximum Gasteiger partial charge on any atom is 0.220 e. The highest BCUT2D eigenvalue weighted by Crippen LogP contribution is 2.17. The van der Waals surface area contributed by atoms with Crippen LogP contribution in [0.2, 0.25) is 0 Å². The van der Waals surface area contributed by atoms with Gasteiger partial charge in [-0.2, -0.15) is 5.10 Å². The molecule has 3 rings (SSSR count). The van der Waals surface area contributed by atoms with Gasteiger partial charge in [-0.25, -0.2) is 13.1 Å². The topological polar surface area (TPSA) is 81.1 Å². The van der Waals surface area contributed by atoms with E-state index < -0.39 is 9.84 Å². The van der Waals surface area contributed by atoms with Crippen molar-refractivity contribution in [3.63, 3.8) is 0 Å². The van der Waals surface area contributed by atoms with E-state index in [1.54, 1.807) is 10.9 Å². The SMILES string of the molecule is O=C(CCc1cnn(-c2ccccc2)c1)NC[C@@H]1CCS(=O)(=O)C1. The molecule has 7 heteroatoms. The van der Waals surface area contributed by atoms with Gasteiger partial charge in [-0.1, -0.05) is 18.2 Å². The van der Waals surface area contributed by atoms with Crippen molar-refractivity contribution in [1.29, 1.82) is 0 Å². The van der Waals surface area contributed by atoms with E-state index in [0.717, 1.165) is 11.3 Å². The zero-order valence-electron chi connectivity index (χ0n) is 13.4. The second-order valence-corrected chi connectivity index (χ2v) is 8.43. The highest BCUT2D eigenvalue weighted by Gasteiger charge is 2.27. The largest absolute Gasteiger partial charge is 0.356 e. The van der Waals surface area contributed by atoms with Crippen LogP contribution in [0.25, 0.3) is 5.69 Å². The monoisotopic (exact) mass is 347 g/mol. The lowest BCUT2D eigenvalue weighted by Crippen LogP contribution is -2.29. The molecule has 24 heavy (non-hydrogen) atoms. The van der Waals surface area contributed by atoms with Crippen LogP contribution < -0.4 is 5.32 Å². The summed E-state index contributed by atoms with van der Waals surface area (Å²) in [6, 6.07) is 9.80. The van der Waals surface area contributed by atoms with E-state index in [2.05, 4.69) is 10.4 Å². The van der Waals surface area contributed by atoms with E-state index in [0.29, 0.717) is 25.8 Å². The van der Waals surface area contributed by atoms with Crippen LogP contribution in [0.1, 0.15) is 18.4 Å². The highest BCUT2D eigenvalue weighted by atomic mass is 32.2. The van der Waals surface area contributed by atoms with E-state index in [9.17, 15) is 13.2 Å². The minimum Gasteiger partial charge on any atom is -0.356 e. The van der Waals surface area contributed by atoms with Gasteiger partial charge in [-0.15, -0.1) is 0 Å². The van der Waals surface area contributed by atoms with E-state index in [1.807, 2.05) is 36.5 Å². The molecule has 1 saturated heterocycles. The number of hydrogen-bond donors (Lipinski definition) is 1.